The van der Waals surface area contributed by atoms with E-state index >= 15 is 0 Å². The summed E-state index contributed by atoms with van der Waals surface area (Å²) in [6.45, 7) is 2.12. The molecule has 0 unspecified atom stereocenters. The van der Waals surface area contributed by atoms with Crippen LogP contribution in [0.25, 0.3) is 0 Å². The number of carboxylic acids is 1. The van der Waals surface area contributed by atoms with Gasteiger partial charge in [0.2, 0.25) is 6.79 Å². The van der Waals surface area contributed by atoms with Crippen molar-refractivity contribution in [2.45, 2.75) is 43.9 Å². The van der Waals surface area contributed by atoms with Crippen LogP contribution in [0.1, 0.15) is 46.7 Å². The molecular weight excluding hydrogens is 791 g/mol. The van der Waals surface area contributed by atoms with Crippen LogP contribution >= 0.6 is 15.9 Å². The van der Waals surface area contributed by atoms with Crippen molar-refractivity contribution in [1.29, 1.82) is 0 Å². The Kier molecular flexibility index (Phi) is 11.5. The van der Waals surface area contributed by atoms with Gasteiger partial charge < -0.3 is 29.4 Å². The van der Waals surface area contributed by atoms with Gasteiger partial charge in [-0.3, -0.25) is 14.9 Å². The van der Waals surface area contributed by atoms with Gasteiger partial charge in [-0.1, -0.05) is 94.8 Å². The van der Waals surface area contributed by atoms with Gasteiger partial charge >= 0.3 is 16.5 Å². The average Bonchev–Trinajstić information content (AvgIpc) is 3.85. The molecule has 1 saturated heterocycles. The third kappa shape index (κ3) is 7.80. The van der Waals surface area contributed by atoms with Crippen molar-refractivity contribution in [3.05, 3.63) is 154 Å². The van der Waals surface area contributed by atoms with E-state index in [2.05, 4.69) is 37.9 Å². The number of carbonyl (C=O) groups is 1. The first-order chi connectivity index (χ1) is 25.9. The van der Waals surface area contributed by atoms with Gasteiger partial charge in [0.05, 0.1) is 23.4 Å². The fourth-order valence-corrected chi connectivity index (χ4v) is 7.93. The van der Waals surface area contributed by atoms with Gasteiger partial charge in [-0.2, -0.15) is 0 Å². The maximum Gasteiger partial charge on any atom is 2.00 e. The smallest absolute Gasteiger partial charge is 0.861 e. The Balaban J connectivity index is 0.00000450. The van der Waals surface area contributed by atoms with Crippen molar-refractivity contribution in [2.24, 2.45) is 9.98 Å². The van der Waals surface area contributed by atoms with Crippen LogP contribution in [-0.4, -0.2) is 54.4 Å². The molecule has 0 amide bonds. The van der Waals surface area contributed by atoms with E-state index in [-0.39, 0.29) is 35.2 Å². The molecule has 5 aromatic rings. The van der Waals surface area contributed by atoms with Gasteiger partial charge in [-0.25, -0.2) is 0 Å². The summed E-state index contributed by atoms with van der Waals surface area (Å²) in [5.74, 6) is -0.355. The molecule has 3 aliphatic rings. The molecule has 5 aromatic carbocycles. The number of halogens is 1. The van der Waals surface area contributed by atoms with Crippen LogP contribution in [0.4, 0.5) is 11.4 Å². The topological polar surface area (TPSA) is 113 Å². The Morgan fingerprint density at radius 1 is 0.852 bits per heavy atom. The maximum atomic E-state index is 14.0. The minimum Gasteiger partial charge on any atom is -0.861 e. The molecule has 3 aliphatic heterocycles. The zero-order valence-electron chi connectivity index (χ0n) is 29.3. The Morgan fingerprint density at radius 2 is 1.54 bits per heavy atom. The number of rotatable bonds is 10. The number of hydrogen-bond acceptors (Lipinski definition) is 9. The quantitative estimate of drug-likeness (QED) is 0.0967. The van der Waals surface area contributed by atoms with Gasteiger partial charge in [0, 0.05) is 40.4 Å². The number of hydrogen-bond donors (Lipinski definition) is 0. The second kappa shape index (κ2) is 16.6. The molecule has 0 aliphatic carbocycles. The molecule has 3 atom stereocenters. The summed E-state index contributed by atoms with van der Waals surface area (Å²) < 4.78 is 12.4. The minimum absolute atomic E-state index is 0. The molecular formula is C43H37BrN4NiO5. The first-order valence-electron chi connectivity index (χ1n) is 17.8. The van der Waals surface area contributed by atoms with Gasteiger partial charge in [0.1, 0.15) is 6.04 Å². The number of carbonyl (C=O) groups excluding carboxylic acids is 1. The molecule has 3 heterocycles. The molecule has 0 bridgehead atoms. The zero-order chi connectivity index (χ0) is 36.3. The van der Waals surface area contributed by atoms with E-state index in [1.165, 1.54) is 0 Å². The SMILES string of the molecule is O=C([O-])[C@@H](N=C(c1ccccc1)c1ccccc1N=C([O-])[C@@H]1CCCN1Cc1ccccc1)[C@@H]1c2cc3c(cc2CCN1c1ccc(Br)cc1)OCO3.[Ni+2]. The number of benzene rings is 5. The van der Waals surface area contributed by atoms with Crippen LogP contribution in [0, 0.1) is 0 Å². The summed E-state index contributed by atoms with van der Waals surface area (Å²) >= 11 is 3.53. The Hall–Kier alpha value is -4.96. The van der Waals surface area contributed by atoms with Crippen LogP contribution in [-0.2, 0) is 34.3 Å². The van der Waals surface area contributed by atoms with Crippen LogP contribution < -0.4 is 24.6 Å². The minimum atomic E-state index is -1.37. The van der Waals surface area contributed by atoms with Crippen molar-refractivity contribution in [3.63, 3.8) is 0 Å². The van der Waals surface area contributed by atoms with Crippen molar-refractivity contribution in [2.75, 3.05) is 24.8 Å². The molecule has 8 rings (SSSR count). The van der Waals surface area contributed by atoms with E-state index in [9.17, 15) is 15.0 Å². The number of nitrogens with zero attached hydrogens (tertiary/aromatic N) is 4. The molecule has 0 radical (unpaired) electrons. The van der Waals surface area contributed by atoms with Crippen LogP contribution in [0.15, 0.2) is 136 Å². The fourth-order valence-electron chi connectivity index (χ4n) is 7.67. The molecule has 276 valence electrons. The third-order valence-electron chi connectivity index (χ3n) is 10.2. The summed E-state index contributed by atoms with van der Waals surface area (Å²) in [6, 6.07) is 36.1. The normalized spacial score (nSPS) is 18.9. The van der Waals surface area contributed by atoms with Crippen molar-refractivity contribution in [1.82, 2.24) is 4.90 Å². The summed E-state index contributed by atoms with van der Waals surface area (Å²) in [7, 11) is 0. The number of aliphatic carboxylic acids is 1. The molecule has 11 heteroatoms. The predicted molar refractivity (Wildman–Crippen MR) is 205 cm³/mol. The standard InChI is InChI=1S/C43H39BrN4O5.Ni/c44-31-17-19-32(20-18-31)48-23-21-30-24-37-38(53-27-52-37)25-34(30)41(48)40(43(50)51)46-39(29-12-5-2-6-13-29)33-14-7-8-15-35(33)45-42(49)36-16-9-22-47(36)26-28-10-3-1-4-11-28;/h1-8,10-15,17-20,24-25,36,40-41H,9,16,21-23,26-27H2,(H,45,49)(H,50,51);/q;+2/p-2/t36-,40-,41-;/m0./s1. The molecule has 0 N–H and O–H groups in total. The molecule has 0 aromatic heterocycles. The van der Waals surface area contributed by atoms with E-state index in [0.29, 0.717) is 53.5 Å². The first-order valence-corrected chi connectivity index (χ1v) is 18.6. The number of fused-ring (bicyclic) bond motifs is 2. The number of aliphatic imine (C=N–C) groups is 2. The largest absolute Gasteiger partial charge is 2.00 e. The number of carboxylic acid groups (broad SMARTS) is 1. The summed E-state index contributed by atoms with van der Waals surface area (Å²) in [5, 5.41) is 27.5. The number of anilines is 1. The predicted octanol–water partition coefficient (Wildman–Crippen LogP) is 5.99. The summed E-state index contributed by atoms with van der Waals surface area (Å²) in [5.41, 5.74) is 5.82. The Morgan fingerprint density at radius 3 is 2.28 bits per heavy atom. The number of ether oxygens (including phenoxy) is 2. The Bertz CT molecular complexity index is 2170. The van der Waals surface area contributed by atoms with Crippen molar-refractivity contribution < 1.29 is 41.0 Å². The van der Waals surface area contributed by atoms with E-state index in [1.807, 2.05) is 103 Å². The van der Waals surface area contributed by atoms with E-state index in [1.54, 1.807) is 6.07 Å². The van der Waals surface area contributed by atoms with Gasteiger partial charge in [0.25, 0.3) is 0 Å². The molecule has 1 fully saturated rings. The van der Waals surface area contributed by atoms with Crippen molar-refractivity contribution in [3.8, 4) is 11.5 Å². The first kappa shape index (κ1) is 37.4. The molecule has 0 spiro atoms. The fraction of sp³-hybridized carbons (Fsp3) is 0.233. The van der Waals surface area contributed by atoms with Gasteiger partial charge in [-0.05, 0) is 90.9 Å². The molecule has 0 saturated carbocycles. The monoisotopic (exact) mass is 826 g/mol. The zero-order valence-corrected chi connectivity index (χ0v) is 31.8. The second-order valence-electron chi connectivity index (χ2n) is 13.5. The molecule has 54 heavy (non-hydrogen) atoms. The van der Waals surface area contributed by atoms with Crippen molar-refractivity contribution >= 4 is 44.9 Å². The van der Waals surface area contributed by atoms with E-state index < -0.39 is 18.1 Å². The van der Waals surface area contributed by atoms with Crippen LogP contribution in [0.3, 0.4) is 0 Å². The van der Waals surface area contributed by atoms with Gasteiger partial charge in [0.15, 0.2) is 11.5 Å². The summed E-state index contributed by atoms with van der Waals surface area (Å²) in [6.07, 6.45) is 2.29. The number of likely N-dealkylation sites (tertiary alicyclic amines) is 1. The third-order valence-corrected chi connectivity index (χ3v) is 10.7. The van der Waals surface area contributed by atoms with E-state index in [4.69, 9.17) is 19.5 Å². The summed E-state index contributed by atoms with van der Waals surface area (Å²) in [4.78, 5) is 27.6. The number of para-hydroxylation sites is 1. The Labute approximate surface area is 333 Å². The van der Waals surface area contributed by atoms with Gasteiger partial charge in [-0.15, -0.1) is 0 Å². The maximum absolute atomic E-state index is 14.0. The van der Waals surface area contributed by atoms with E-state index in [0.717, 1.165) is 46.2 Å². The van der Waals surface area contributed by atoms with Crippen LogP contribution in [0.5, 0.6) is 11.5 Å². The molecule has 9 nitrogen and oxygen atoms in total. The second-order valence-corrected chi connectivity index (χ2v) is 14.4. The average molecular weight is 828 g/mol. The van der Waals surface area contributed by atoms with Crippen LogP contribution in [0.2, 0.25) is 0 Å².